The fourth-order valence-corrected chi connectivity index (χ4v) is 1.89. The summed E-state index contributed by atoms with van der Waals surface area (Å²) < 4.78 is 5.29. The summed E-state index contributed by atoms with van der Waals surface area (Å²) in [6.45, 7) is 4.15. The van der Waals surface area contributed by atoms with Crippen LogP contribution in [0, 0.1) is 13.8 Å². The second-order valence-corrected chi connectivity index (χ2v) is 3.68. The van der Waals surface area contributed by atoms with Crippen molar-refractivity contribution in [3.63, 3.8) is 0 Å². The first-order valence-electron chi connectivity index (χ1n) is 4.44. The predicted molar refractivity (Wildman–Crippen MR) is 60.0 cm³/mol. The van der Waals surface area contributed by atoms with Crippen molar-refractivity contribution < 1.29 is 4.74 Å². The molecule has 72 valence electrons. The third-order valence-corrected chi connectivity index (χ3v) is 2.35. The van der Waals surface area contributed by atoms with Crippen LogP contribution in [0.25, 0.3) is 0 Å². The van der Waals surface area contributed by atoms with E-state index in [2.05, 4.69) is 38.6 Å². The molecule has 0 unspecified atom stereocenters. The smallest absolute Gasteiger partial charge is 0.124 e. The lowest BCUT2D eigenvalue weighted by Crippen LogP contribution is -1.94. The quantitative estimate of drug-likeness (QED) is 0.731. The Morgan fingerprint density at radius 1 is 1.23 bits per heavy atom. The lowest BCUT2D eigenvalue weighted by molar-refractivity contribution is 0.408. The van der Waals surface area contributed by atoms with Gasteiger partial charge in [0.15, 0.2) is 0 Å². The van der Waals surface area contributed by atoms with E-state index in [0.29, 0.717) is 0 Å². The number of hydrogen-bond acceptors (Lipinski definition) is 2. The first-order valence-corrected chi connectivity index (χ1v) is 5.07. The van der Waals surface area contributed by atoms with Crippen molar-refractivity contribution in [3.8, 4) is 5.75 Å². The zero-order valence-electron chi connectivity index (χ0n) is 8.42. The number of aryl methyl sites for hydroxylation is 3. The summed E-state index contributed by atoms with van der Waals surface area (Å²) >= 11 is 4.22. The third kappa shape index (κ3) is 2.41. The molecule has 0 aromatic heterocycles. The van der Waals surface area contributed by atoms with E-state index >= 15 is 0 Å². The predicted octanol–water partition coefficient (Wildman–Crippen LogP) is 2.78. The van der Waals surface area contributed by atoms with Crippen molar-refractivity contribution in [2.45, 2.75) is 20.3 Å². The number of hydrogen-bond donors (Lipinski definition) is 1. The molecule has 0 fully saturated rings. The summed E-state index contributed by atoms with van der Waals surface area (Å²) in [4.78, 5) is 0. The summed E-state index contributed by atoms with van der Waals surface area (Å²) in [6.07, 6.45) is 1.02. The van der Waals surface area contributed by atoms with Gasteiger partial charge in [0.25, 0.3) is 0 Å². The Bertz CT molecular complexity index is 271. The van der Waals surface area contributed by atoms with Gasteiger partial charge < -0.3 is 4.74 Å². The van der Waals surface area contributed by atoms with Crippen LogP contribution in [0.1, 0.15) is 16.7 Å². The van der Waals surface area contributed by atoms with Crippen LogP contribution in [0.5, 0.6) is 5.75 Å². The molecule has 1 aromatic rings. The maximum Gasteiger partial charge on any atom is 0.124 e. The minimum absolute atomic E-state index is 0.894. The van der Waals surface area contributed by atoms with E-state index < -0.39 is 0 Å². The molecular weight excluding hydrogens is 180 g/mol. The highest BCUT2D eigenvalue weighted by Crippen LogP contribution is 2.24. The lowest BCUT2D eigenvalue weighted by atomic mass is 10.0. The molecule has 0 saturated heterocycles. The Hall–Kier alpha value is -0.630. The Morgan fingerprint density at radius 3 is 2.15 bits per heavy atom. The minimum Gasteiger partial charge on any atom is -0.496 e. The average molecular weight is 196 g/mol. The van der Waals surface area contributed by atoms with Gasteiger partial charge in [-0.05, 0) is 42.7 Å². The van der Waals surface area contributed by atoms with Gasteiger partial charge in [-0.1, -0.05) is 12.1 Å². The number of ether oxygens (including phenoxy) is 1. The molecule has 0 aliphatic heterocycles. The minimum atomic E-state index is 0.894. The molecule has 0 radical (unpaired) electrons. The summed E-state index contributed by atoms with van der Waals surface area (Å²) in [5.41, 5.74) is 3.75. The van der Waals surface area contributed by atoms with E-state index in [1.165, 1.54) is 16.7 Å². The van der Waals surface area contributed by atoms with E-state index in [0.717, 1.165) is 17.9 Å². The molecule has 0 spiro atoms. The molecule has 0 heterocycles. The summed E-state index contributed by atoms with van der Waals surface area (Å²) in [7, 11) is 1.72. The van der Waals surface area contributed by atoms with E-state index in [4.69, 9.17) is 4.74 Å². The Kier molecular flexibility index (Phi) is 3.67. The van der Waals surface area contributed by atoms with Crippen molar-refractivity contribution in [3.05, 3.63) is 28.8 Å². The van der Waals surface area contributed by atoms with Gasteiger partial charge in [-0.2, -0.15) is 12.6 Å². The number of thiol groups is 1. The zero-order valence-corrected chi connectivity index (χ0v) is 9.32. The molecule has 0 saturated carbocycles. The van der Waals surface area contributed by atoms with Crippen LogP contribution >= 0.6 is 12.6 Å². The van der Waals surface area contributed by atoms with Crippen LogP contribution in [0.3, 0.4) is 0 Å². The maximum absolute atomic E-state index is 5.29. The summed E-state index contributed by atoms with van der Waals surface area (Å²) in [6, 6.07) is 4.34. The second-order valence-electron chi connectivity index (χ2n) is 3.24. The highest BCUT2D eigenvalue weighted by atomic mass is 32.1. The topological polar surface area (TPSA) is 9.23 Å². The Balaban J connectivity index is 3.05. The maximum atomic E-state index is 5.29. The number of rotatable bonds is 3. The molecule has 0 aliphatic rings. The molecule has 13 heavy (non-hydrogen) atoms. The Morgan fingerprint density at radius 2 is 1.77 bits per heavy atom. The molecule has 0 N–H and O–H groups in total. The van der Waals surface area contributed by atoms with Gasteiger partial charge in [0.1, 0.15) is 5.75 Å². The molecule has 0 atom stereocenters. The van der Waals surface area contributed by atoms with Crippen LogP contribution in [0.15, 0.2) is 12.1 Å². The molecule has 1 nitrogen and oxygen atoms in total. The fourth-order valence-electron chi connectivity index (χ4n) is 1.64. The van der Waals surface area contributed by atoms with Crippen LogP contribution in [0.4, 0.5) is 0 Å². The van der Waals surface area contributed by atoms with Crippen molar-refractivity contribution in [2.75, 3.05) is 12.9 Å². The first-order chi connectivity index (χ1) is 6.19. The van der Waals surface area contributed by atoms with Crippen molar-refractivity contribution in [1.29, 1.82) is 0 Å². The molecule has 0 bridgehead atoms. The van der Waals surface area contributed by atoms with Crippen LogP contribution in [-0.4, -0.2) is 12.9 Å². The summed E-state index contributed by atoms with van der Waals surface area (Å²) in [5.74, 6) is 1.90. The van der Waals surface area contributed by atoms with Crippen molar-refractivity contribution in [2.24, 2.45) is 0 Å². The molecule has 1 rings (SSSR count). The van der Waals surface area contributed by atoms with Crippen LogP contribution in [-0.2, 0) is 6.42 Å². The highest BCUT2D eigenvalue weighted by molar-refractivity contribution is 7.80. The molecule has 0 amide bonds. The molecular formula is C11H16OS. The third-order valence-electron chi connectivity index (χ3n) is 2.12. The van der Waals surface area contributed by atoms with Crippen molar-refractivity contribution >= 4 is 12.6 Å². The Labute approximate surface area is 85.5 Å². The first kappa shape index (κ1) is 10.5. The van der Waals surface area contributed by atoms with Gasteiger partial charge in [-0.3, -0.25) is 0 Å². The molecule has 0 aliphatic carbocycles. The normalized spacial score (nSPS) is 10.2. The van der Waals surface area contributed by atoms with Gasteiger partial charge in [-0.15, -0.1) is 0 Å². The average Bonchev–Trinajstić information content (AvgIpc) is 2.04. The second kappa shape index (κ2) is 4.56. The van der Waals surface area contributed by atoms with Gasteiger partial charge in [0.05, 0.1) is 7.11 Å². The van der Waals surface area contributed by atoms with Crippen LogP contribution in [0.2, 0.25) is 0 Å². The number of methoxy groups -OCH3 is 1. The van der Waals surface area contributed by atoms with Gasteiger partial charge in [-0.25, -0.2) is 0 Å². The standard InChI is InChI=1S/C11H16OS/c1-8-6-10(4-5-13)7-9(2)11(8)12-3/h6-7,13H,4-5H2,1-3H3. The van der Waals surface area contributed by atoms with Crippen molar-refractivity contribution in [1.82, 2.24) is 0 Å². The fraction of sp³-hybridized carbons (Fsp3) is 0.455. The van der Waals surface area contributed by atoms with E-state index in [9.17, 15) is 0 Å². The largest absolute Gasteiger partial charge is 0.496 e. The zero-order chi connectivity index (χ0) is 9.84. The van der Waals surface area contributed by atoms with Gasteiger partial charge >= 0.3 is 0 Å². The van der Waals surface area contributed by atoms with Gasteiger partial charge in [0.2, 0.25) is 0 Å². The van der Waals surface area contributed by atoms with Gasteiger partial charge in [0, 0.05) is 0 Å². The molecule has 2 heteroatoms. The SMILES string of the molecule is COc1c(C)cc(CCS)cc1C. The monoisotopic (exact) mass is 196 g/mol. The number of benzene rings is 1. The lowest BCUT2D eigenvalue weighted by Gasteiger charge is -2.10. The van der Waals surface area contributed by atoms with E-state index in [1.54, 1.807) is 7.11 Å². The van der Waals surface area contributed by atoms with E-state index in [1.807, 2.05) is 0 Å². The summed E-state index contributed by atoms with van der Waals surface area (Å²) in [5, 5.41) is 0. The highest BCUT2D eigenvalue weighted by Gasteiger charge is 2.04. The van der Waals surface area contributed by atoms with Crippen LogP contribution < -0.4 is 4.74 Å². The van der Waals surface area contributed by atoms with E-state index in [-0.39, 0.29) is 0 Å². The molecule has 1 aromatic carbocycles.